The van der Waals surface area contributed by atoms with E-state index in [2.05, 4.69) is 10.3 Å². The van der Waals surface area contributed by atoms with Crippen molar-refractivity contribution in [3.63, 3.8) is 0 Å². The molecule has 1 amide bonds. The van der Waals surface area contributed by atoms with Gasteiger partial charge in [0.25, 0.3) is 5.91 Å². The van der Waals surface area contributed by atoms with Gasteiger partial charge >= 0.3 is 0 Å². The number of aromatic nitrogens is 2. The Morgan fingerprint density at radius 2 is 2.31 bits per heavy atom. The van der Waals surface area contributed by atoms with Gasteiger partial charge in [-0.1, -0.05) is 12.1 Å². The minimum Gasteiger partial charge on any atom is -0.497 e. The summed E-state index contributed by atoms with van der Waals surface area (Å²) in [5.41, 5.74) is 0.977. The molecule has 0 saturated carbocycles. The summed E-state index contributed by atoms with van der Waals surface area (Å²) in [6, 6.07) is 7.59. The number of ether oxygens (including phenoxy) is 2. The fraction of sp³-hybridized carbons (Fsp3) is 0.474. The molecule has 1 aliphatic heterocycles. The van der Waals surface area contributed by atoms with Gasteiger partial charge < -0.3 is 24.3 Å². The van der Waals surface area contributed by atoms with Crippen LogP contribution in [0.1, 0.15) is 24.4 Å². The third kappa shape index (κ3) is 4.05. The van der Waals surface area contributed by atoms with Crippen LogP contribution in [0.3, 0.4) is 0 Å². The summed E-state index contributed by atoms with van der Waals surface area (Å²) in [6.07, 6.45) is 3.13. The molecule has 3 rings (SSSR count). The molecule has 0 aliphatic carbocycles. The van der Waals surface area contributed by atoms with E-state index in [9.17, 15) is 4.79 Å². The van der Waals surface area contributed by atoms with Crippen molar-refractivity contribution < 1.29 is 14.3 Å². The number of imidazole rings is 1. The molecule has 26 heavy (non-hydrogen) atoms. The molecule has 1 aromatic carbocycles. The van der Waals surface area contributed by atoms with Gasteiger partial charge in [0.05, 0.1) is 13.7 Å². The molecule has 140 valence electrons. The van der Waals surface area contributed by atoms with Crippen LogP contribution in [0.15, 0.2) is 36.7 Å². The first-order valence-corrected chi connectivity index (χ1v) is 8.83. The zero-order chi connectivity index (χ0) is 18.5. The maximum absolute atomic E-state index is 13.0. The molecule has 7 nitrogen and oxygen atoms in total. The molecular formula is C19H26N4O3. The number of rotatable bonds is 6. The van der Waals surface area contributed by atoms with E-state index in [0.717, 1.165) is 23.7 Å². The van der Waals surface area contributed by atoms with Gasteiger partial charge in [0.15, 0.2) is 0 Å². The summed E-state index contributed by atoms with van der Waals surface area (Å²) < 4.78 is 13.0. The minimum absolute atomic E-state index is 0.0117. The molecule has 2 unspecified atom stereocenters. The second-order valence-electron chi connectivity index (χ2n) is 6.45. The number of carbonyl (C=O) groups is 1. The van der Waals surface area contributed by atoms with E-state index in [1.54, 1.807) is 20.2 Å². The van der Waals surface area contributed by atoms with Crippen molar-refractivity contribution >= 4 is 5.91 Å². The number of amides is 1. The second-order valence-corrected chi connectivity index (χ2v) is 6.45. The number of nitrogens with one attached hydrogen (secondary N) is 1. The lowest BCUT2D eigenvalue weighted by atomic mass is 10.1. The van der Waals surface area contributed by atoms with Crippen molar-refractivity contribution in [3.8, 4) is 5.75 Å². The number of nitrogens with zero attached hydrogens (tertiary/aromatic N) is 3. The Hall–Kier alpha value is -2.38. The quantitative estimate of drug-likeness (QED) is 0.848. The SMILES string of the molecule is COc1cccc(COC(C)C(=O)N2CCNCC2c2nccn2C)c1. The van der Waals surface area contributed by atoms with Gasteiger partial charge in [-0.3, -0.25) is 4.79 Å². The first kappa shape index (κ1) is 18.4. The first-order chi connectivity index (χ1) is 12.6. The molecule has 2 atom stereocenters. The third-order valence-corrected chi connectivity index (χ3v) is 4.66. The maximum Gasteiger partial charge on any atom is 0.252 e. The van der Waals surface area contributed by atoms with E-state index < -0.39 is 6.10 Å². The Bertz CT molecular complexity index is 746. The van der Waals surface area contributed by atoms with Gasteiger partial charge in [-0.15, -0.1) is 0 Å². The Labute approximate surface area is 153 Å². The number of hydrogen-bond donors (Lipinski definition) is 1. The number of benzene rings is 1. The molecule has 2 aromatic rings. The van der Waals surface area contributed by atoms with E-state index in [4.69, 9.17) is 9.47 Å². The van der Waals surface area contributed by atoms with Gasteiger partial charge in [0.2, 0.25) is 0 Å². The average Bonchev–Trinajstić information content (AvgIpc) is 3.11. The smallest absolute Gasteiger partial charge is 0.252 e. The lowest BCUT2D eigenvalue weighted by Gasteiger charge is -2.37. The van der Waals surface area contributed by atoms with E-state index >= 15 is 0 Å². The first-order valence-electron chi connectivity index (χ1n) is 8.83. The number of hydrogen-bond acceptors (Lipinski definition) is 5. The maximum atomic E-state index is 13.0. The van der Waals surface area contributed by atoms with Crippen LogP contribution >= 0.6 is 0 Å². The van der Waals surface area contributed by atoms with Gasteiger partial charge in [-0.25, -0.2) is 4.98 Å². The summed E-state index contributed by atoms with van der Waals surface area (Å²) in [5, 5.41) is 3.34. The van der Waals surface area contributed by atoms with Gasteiger partial charge in [-0.2, -0.15) is 0 Å². The molecular weight excluding hydrogens is 332 g/mol. The predicted octanol–water partition coefficient (Wildman–Crippen LogP) is 1.51. The molecule has 1 saturated heterocycles. The summed E-state index contributed by atoms with van der Waals surface area (Å²) >= 11 is 0. The highest BCUT2D eigenvalue weighted by atomic mass is 16.5. The van der Waals surface area contributed by atoms with E-state index in [0.29, 0.717) is 19.7 Å². The highest BCUT2D eigenvalue weighted by Crippen LogP contribution is 2.22. The zero-order valence-corrected chi connectivity index (χ0v) is 15.5. The number of carbonyl (C=O) groups excluding carboxylic acids is 1. The topological polar surface area (TPSA) is 68.6 Å². The Morgan fingerprint density at radius 3 is 3.04 bits per heavy atom. The number of piperazine rings is 1. The van der Waals surface area contributed by atoms with Gasteiger partial charge in [-0.05, 0) is 24.6 Å². The van der Waals surface area contributed by atoms with Crippen LogP contribution < -0.4 is 10.1 Å². The second kappa shape index (κ2) is 8.33. The standard InChI is InChI=1S/C19H26N4O3/c1-14(26-13-15-5-4-6-16(11-15)25-3)19(24)23-10-7-20-12-17(23)18-21-8-9-22(18)2/h4-6,8-9,11,14,17,20H,7,10,12-13H2,1-3H3. The van der Waals surface area contributed by atoms with Crippen molar-refractivity contribution in [1.82, 2.24) is 19.8 Å². The van der Waals surface area contributed by atoms with Crippen LogP contribution in [0.4, 0.5) is 0 Å². The molecule has 2 heterocycles. The normalized spacial score (nSPS) is 18.6. The number of methoxy groups -OCH3 is 1. The largest absolute Gasteiger partial charge is 0.497 e. The van der Waals surface area contributed by atoms with Gasteiger partial charge in [0.1, 0.15) is 23.7 Å². The molecule has 1 fully saturated rings. The summed E-state index contributed by atoms with van der Waals surface area (Å²) in [4.78, 5) is 19.3. The van der Waals surface area contributed by atoms with Crippen molar-refractivity contribution in [2.24, 2.45) is 7.05 Å². The average molecular weight is 358 g/mol. The molecule has 1 N–H and O–H groups in total. The van der Waals surface area contributed by atoms with Crippen LogP contribution in [-0.2, 0) is 23.2 Å². The molecule has 0 bridgehead atoms. The Balaban J connectivity index is 1.65. The lowest BCUT2D eigenvalue weighted by Crippen LogP contribution is -2.52. The Morgan fingerprint density at radius 1 is 1.46 bits per heavy atom. The van der Waals surface area contributed by atoms with Crippen LogP contribution in [0.25, 0.3) is 0 Å². The van der Waals surface area contributed by atoms with Crippen molar-refractivity contribution in [2.45, 2.75) is 25.7 Å². The van der Waals surface area contributed by atoms with Crippen LogP contribution in [-0.4, -0.2) is 53.2 Å². The molecule has 0 spiro atoms. The van der Waals surface area contributed by atoms with Gasteiger partial charge in [0, 0.05) is 39.1 Å². The fourth-order valence-corrected chi connectivity index (χ4v) is 3.19. The molecule has 7 heteroatoms. The summed E-state index contributed by atoms with van der Waals surface area (Å²) in [6.45, 7) is 4.28. The number of aryl methyl sites for hydroxylation is 1. The highest BCUT2D eigenvalue weighted by Gasteiger charge is 2.33. The predicted molar refractivity (Wildman–Crippen MR) is 97.8 cm³/mol. The van der Waals surface area contributed by atoms with Crippen LogP contribution in [0.5, 0.6) is 5.75 Å². The minimum atomic E-state index is -0.526. The molecule has 1 aromatic heterocycles. The summed E-state index contributed by atoms with van der Waals surface area (Å²) in [5.74, 6) is 1.65. The Kier molecular flexibility index (Phi) is 5.90. The third-order valence-electron chi connectivity index (χ3n) is 4.66. The molecule has 0 radical (unpaired) electrons. The van der Waals surface area contributed by atoms with E-state index in [1.165, 1.54) is 0 Å². The van der Waals surface area contributed by atoms with Crippen molar-refractivity contribution in [2.75, 3.05) is 26.7 Å². The van der Waals surface area contributed by atoms with E-state index in [1.807, 2.05) is 47.0 Å². The van der Waals surface area contributed by atoms with Crippen molar-refractivity contribution in [1.29, 1.82) is 0 Å². The zero-order valence-electron chi connectivity index (χ0n) is 15.5. The lowest BCUT2D eigenvalue weighted by molar-refractivity contribution is -0.147. The molecule has 1 aliphatic rings. The monoisotopic (exact) mass is 358 g/mol. The summed E-state index contributed by atoms with van der Waals surface area (Å²) in [7, 11) is 3.58. The van der Waals surface area contributed by atoms with E-state index in [-0.39, 0.29) is 11.9 Å². The van der Waals surface area contributed by atoms with Crippen LogP contribution in [0, 0.1) is 0 Å². The van der Waals surface area contributed by atoms with Crippen molar-refractivity contribution in [3.05, 3.63) is 48.0 Å². The van der Waals surface area contributed by atoms with Crippen LogP contribution in [0.2, 0.25) is 0 Å². The fourth-order valence-electron chi connectivity index (χ4n) is 3.19. The highest BCUT2D eigenvalue weighted by molar-refractivity contribution is 5.81.